The molecule has 0 radical (unpaired) electrons. The highest BCUT2D eigenvalue weighted by atomic mass is 19.2. The standard InChI is InChI=1S/C22H34F2O/c1-3-5-6-7-8-9-10-17-11-13-18(14-12-17)19-15-16-20(25-4-2)22(24)21(19)23/h15-18H,3-14H2,1-2H3. The summed E-state index contributed by atoms with van der Waals surface area (Å²) in [5, 5.41) is 0. The number of hydrogen-bond donors (Lipinski definition) is 0. The van der Waals surface area contributed by atoms with Crippen LogP contribution in [0.4, 0.5) is 8.78 Å². The number of hydrogen-bond acceptors (Lipinski definition) is 1. The second-order valence-corrected chi connectivity index (χ2v) is 7.49. The van der Waals surface area contributed by atoms with Crippen molar-refractivity contribution in [2.45, 2.75) is 90.4 Å². The molecule has 1 nitrogen and oxygen atoms in total. The quantitative estimate of drug-likeness (QED) is 0.399. The molecule has 0 saturated heterocycles. The minimum absolute atomic E-state index is 0.0282. The molecule has 1 fully saturated rings. The monoisotopic (exact) mass is 352 g/mol. The third kappa shape index (κ3) is 5.97. The van der Waals surface area contributed by atoms with Crippen LogP contribution in [0.2, 0.25) is 0 Å². The van der Waals surface area contributed by atoms with Crippen LogP contribution < -0.4 is 4.74 Å². The summed E-state index contributed by atoms with van der Waals surface area (Å²) < 4.78 is 33.6. The smallest absolute Gasteiger partial charge is 0.200 e. The molecule has 1 aliphatic rings. The third-order valence-corrected chi connectivity index (χ3v) is 5.63. The maximum Gasteiger partial charge on any atom is 0.200 e. The molecule has 1 saturated carbocycles. The van der Waals surface area contributed by atoms with Gasteiger partial charge >= 0.3 is 0 Å². The van der Waals surface area contributed by atoms with Crippen molar-refractivity contribution in [3.63, 3.8) is 0 Å². The van der Waals surface area contributed by atoms with E-state index in [9.17, 15) is 8.78 Å². The Kier molecular flexibility index (Phi) is 8.71. The van der Waals surface area contributed by atoms with Gasteiger partial charge in [-0.1, -0.05) is 57.9 Å². The summed E-state index contributed by atoms with van der Waals surface area (Å²) in [5.41, 5.74) is 0.541. The van der Waals surface area contributed by atoms with Crippen LogP contribution >= 0.6 is 0 Å². The van der Waals surface area contributed by atoms with Gasteiger partial charge in [-0.3, -0.25) is 0 Å². The van der Waals surface area contributed by atoms with E-state index in [-0.39, 0.29) is 11.7 Å². The van der Waals surface area contributed by atoms with Gasteiger partial charge in [0.15, 0.2) is 11.6 Å². The molecule has 0 aromatic heterocycles. The molecule has 1 aliphatic carbocycles. The van der Waals surface area contributed by atoms with E-state index in [1.165, 1.54) is 44.9 Å². The van der Waals surface area contributed by atoms with Crippen molar-refractivity contribution in [3.05, 3.63) is 29.3 Å². The van der Waals surface area contributed by atoms with Crippen LogP contribution in [0, 0.1) is 17.6 Å². The largest absolute Gasteiger partial charge is 0.491 e. The Morgan fingerprint density at radius 1 is 0.880 bits per heavy atom. The average molecular weight is 353 g/mol. The molecule has 0 amide bonds. The van der Waals surface area contributed by atoms with Gasteiger partial charge in [0, 0.05) is 0 Å². The fraction of sp³-hybridized carbons (Fsp3) is 0.727. The van der Waals surface area contributed by atoms with Crippen molar-refractivity contribution in [3.8, 4) is 5.75 Å². The molecule has 0 N–H and O–H groups in total. The van der Waals surface area contributed by atoms with Crippen LogP contribution in [0.15, 0.2) is 12.1 Å². The lowest BCUT2D eigenvalue weighted by molar-refractivity contribution is 0.291. The first-order valence-corrected chi connectivity index (χ1v) is 10.3. The van der Waals surface area contributed by atoms with Gasteiger partial charge in [-0.2, -0.15) is 4.39 Å². The summed E-state index contributed by atoms with van der Waals surface area (Å²) in [6, 6.07) is 3.31. The predicted octanol–water partition coefficient (Wildman–Crippen LogP) is 7.39. The van der Waals surface area contributed by atoms with Gasteiger partial charge in [0.1, 0.15) is 0 Å². The molecule has 142 valence electrons. The molecule has 0 bridgehead atoms. The second kappa shape index (κ2) is 10.8. The van der Waals surface area contributed by atoms with E-state index in [0.29, 0.717) is 12.2 Å². The van der Waals surface area contributed by atoms with Gasteiger partial charge in [-0.05, 0) is 56.1 Å². The molecule has 0 spiro atoms. The van der Waals surface area contributed by atoms with Crippen LogP contribution in [0.1, 0.15) is 96.0 Å². The Labute approximate surface area is 152 Å². The maximum absolute atomic E-state index is 14.4. The number of unbranched alkanes of at least 4 members (excludes halogenated alkanes) is 5. The van der Waals surface area contributed by atoms with Crippen LogP contribution in [-0.2, 0) is 0 Å². The van der Waals surface area contributed by atoms with Crippen molar-refractivity contribution in [2.75, 3.05) is 6.61 Å². The molecule has 25 heavy (non-hydrogen) atoms. The molecule has 1 aromatic rings. The second-order valence-electron chi connectivity index (χ2n) is 7.49. The van der Waals surface area contributed by atoms with Gasteiger partial charge < -0.3 is 4.74 Å². The zero-order valence-electron chi connectivity index (χ0n) is 16.0. The molecular weight excluding hydrogens is 318 g/mol. The van der Waals surface area contributed by atoms with E-state index in [2.05, 4.69) is 6.92 Å². The Hall–Kier alpha value is -1.12. The zero-order chi connectivity index (χ0) is 18.1. The molecule has 2 rings (SSSR count). The van der Waals surface area contributed by atoms with Crippen molar-refractivity contribution in [2.24, 2.45) is 5.92 Å². The number of ether oxygens (including phenoxy) is 1. The lowest BCUT2D eigenvalue weighted by atomic mass is 9.77. The SMILES string of the molecule is CCCCCCCCC1CCC(c2ccc(OCC)c(F)c2F)CC1. The fourth-order valence-corrected chi connectivity index (χ4v) is 4.10. The summed E-state index contributed by atoms with van der Waals surface area (Å²) in [5.74, 6) is -0.566. The van der Waals surface area contributed by atoms with E-state index in [1.807, 2.05) is 0 Å². The van der Waals surface area contributed by atoms with E-state index in [4.69, 9.17) is 4.74 Å². The first-order chi connectivity index (χ1) is 12.2. The van der Waals surface area contributed by atoms with Gasteiger partial charge in [0.2, 0.25) is 5.82 Å². The maximum atomic E-state index is 14.4. The van der Waals surface area contributed by atoms with E-state index < -0.39 is 11.6 Å². The van der Waals surface area contributed by atoms with Gasteiger partial charge in [0.05, 0.1) is 6.61 Å². The normalized spacial score (nSPS) is 20.6. The minimum Gasteiger partial charge on any atom is -0.491 e. The Morgan fingerprint density at radius 2 is 1.56 bits per heavy atom. The van der Waals surface area contributed by atoms with E-state index in [1.54, 1.807) is 19.1 Å². The van der Waals surface area contributed by atoms with Gasteiger partial charge in [0.25, 0.3) is 0 Å². The molecule has 0 aliphatic heterocycles. The lowest BCUT2D eigenvalue weighted by Gasteiger charge is -2.29. The Balaban J connectivity index is 1.77. The summed E-state index contributed by atoms with van der Waals surface area (Å²) >= 11 is 0. The molecule has 0 unspecified atom stereocenters. The summed E-state index contributed by atoms with van der Waals surface area (Å²) in [7, 11) is 0. The molecule has 0 heterocycles. The fourth-order valence-electron chi connectivity index (χ4n) is 4.10. The lowest BCUT2D eigenvalue weighted by Crippen LogP contribution is -2.15. The van der Waals surface area contributed by atoms with Crippen LogP contribution in [0.3, 0.4) is 0 Å². The van der Waals surface area contributed by atoms with Crippen LogP contribution in [0.5, 0.6) is 5.75 Å². The van der Waals surface area contributed by atoms with Crippen molar-refractivity contribution in [1.29, 1.82) is 0 Å². The van der Waals surface area contributed by atoms with Gasteiger partial charge in [-0.25, -0.2) is 4.39 Å². The summed E-state index contributed by atoms with van der Waals surface area (Å²) in [6.45, 7) is 4.37. The van der Waals surface area contributed by atoms with Crippen molar-refractivity contribution < 1.29 is 13.5 Å². The summed E-state index contributed by atoms with van der Waals surface area (Å²) in [6.07, 6.45) is 13.6. The minimum atomic E-state index is -0.825. The highest BCUT2D eigenvalue weighted by Gasteiger charge is 2.26. The van der Waals surface area contributed by atoms with Crippen LogP contribution in [-0.4, -0.2) is 6.61 Å². The van der Waals surface area contributed by atoms with E-state index >= 15 is 0 Å². The first kappa shape index (κ1) is 20.2. The Morgan fingerprint density at radius 3 is 2.24 bits per heavy atom. The topological polar surface area (TPSA) is 9.23 Å². The highest BCUT2D eigenvalue weighted by molar-refractivity contribution is 5.33. The molecule has 3 heteroatoms. The van der Waals surface area contributed by atoms with Gasteiger partial charge in [-0.15, -0.1) is 0 Å². The highest BCUT2D eigenvalue weighted by Crippen LogP contribution is 2.40. The first-order valence-electron chi connectivity index (χ1n) is 10.3. The zero-order valence-corrected chi connectivity index (χ0v) is 16.0. The Bertz CT molecular complexity index is 507. The van der Waals surface area contributed by atoms with Crippen molar-refractivity contribution in [1.82, 2.24) is 0 Å². The molecule has 1 aromatic carbocycles. The van der Waals surface area contributed by atoms with E-state index in [0.717, 1.165) is 31.6 Å². The number of benzene rings is 1. The number of halogens is 2. The third-order valence-electron chi connectivity index (χ3n) is 5.63. The molecular formula is C22H34F2O. The average Bonchev–Trinajstić information content (AvgIpc) is 2.63. The number of rotatable bonds is 10. The van der Waals surface area contributed by atoms with Crippen molar-refractivity contribution >= 4 is 0 Å². The summed E-state index contributed by atoms with van der Waals surface area (Å²) in [4.78, 5) is 0. The predicted molar refractivity (Wildman–Crippen MR) is 100 cm³/mol. The molecule has 0 atom stereocenters. The van der Waals surface area contributed by atoms with Crippen LogP contribution in [0.25, 0.3) is 0 Å².